The molecule has 0 bridgehead atoms. The summed E-state index contributed by atoms with van der Waals surface area (Å²) in [5.74, 6) is -0.221. The molecule has 23 heavy (non-hydrogen) atoms. The van der Waals surface area contributed by atoms with Crippen molar-refractivity contribution < 1.29 is 4.39 Å². The topological polar surface area (TPSA) is 15.8 Å². The fourth-order valence-corrected chi connectivity index (χ4v) is 3.00. The first kappa shape index (κ1) is 13.8. The summed E-state index contributed by atoms with van der Waals surface area (Å²) in [5.41, 5.74) is 6.65. The van der Waals surface area contributed by atoms with Gasteiger partial charge in [-0.15, -0.1) is 0 Å². The zero-order chi connectivity index (χ0) is 15.8. The predicted octanol–water partition coefficient (Wildman–Crippen LogP) is 5.95. The van der Waals surface area contributed by atoms with Gasteiger partial charge >= 0.3 is 0 Å². The van der Waals surface area contributed by atoms with Crippen molar-refractivity contribution in [2.75, 3.05) is 0 Å². The standard InChI is InChI=1S/C21H16FN/c1-14-6-8-15(9-7-14)20-18-4-2-3-5-19(18)23-21(20)16-10-12-17(22)13-11-16/h2-13,23H,1H3. The van der Waals surface area contributed by atoms with Gasteiger partial charge in [0, 0.05) is 16.5 Å². The van der Waals surface area contributed by atoms with Crippen LogP contribution in [0.15, 0.2) is 72.8 Å². The summed E-state index contributed by atoms with van der Waals surface area (Å²) in [6.45, 7) is 2.08. The van der Waals surface area contributed by atoms with Crippen LogP contribution < -0.4 is 0 Å². The van der Waals surface area contributed by atoms with Gasteiger partial charge in [-0.25, -0.2) is 4.39 Å². The molecule has 0 aliphatic heterocycles. The molecule has 2 heteroatoms. The summed E-state index contributed by atoms with van der Waals surface area (Å²) in [7, 11) is 0. The van der Waals surface area contributed by atoms with E-state index in [0.717, 1.165) is 27.9 Å². The molecule has 112 valence electrons. The van der Waals surface area contributed by atoms with E-state index in [4.69, 9.17) is 0 Å². The van der Waals surface area contributed by atoms with Crippen molar-refractivity contribution in [3.05, 3.63) is 84.2 Å². The minimum absolute atomic E-state index is 0.221. The van der Waals surface area contributed by atoms with Crippen molar-refractivity contribution in [2.24, 2.45) is 0 Å². The fraction of sp³-hybridized carbons (Fsp3) is 0.0476. The molecule has 0 aliphatic carbocycles. The maximum atomic E-state index is 13.3. The van der Waals surface area contributed by atoms with Gasteiger partial charge < -0.3 is 4.98 Å². The van der Waals surface area contributed by atoms with E-state index in [0.29, 0.717) is 0 Å². The van der Waals surface area contributed by atoms with E-state index in [9.17, 15) is 4.39 Å². The molecule has 0 saturated carbocycles. The van der Waals surface area contributed by atoms with Crippen LogP contribution >= 0.6 is 0 Å². The van der Waals surface area contributed by atoms with E-state index < -0.39 is 0 Å². The third kappa shape index (κ3) is 2.42. The molecule has 0 amide bonds. The number of aromatic amines is 1. The Balaban J connectivity index is 2.01. The Kier molecular flexibility index (Phi) is 3.23. The third-order valence-corrected chi connectivity index (χ3v) is 4.18. The summed E-state index contributed by atoms with van der Waals surface area (Å²) in [5, 5.41) is 1.18. The third-order valence-electron chi connectivity index (χ3n) is 4.18. The molecule has 4 rings (SSSR count). The van der Waals surface area contributed by atoms with Crippen molar-refractivity contribution in [2.45, 2.75) is 6.92 Å². The number of nitrogens with one attached hydrogen (secondary N) is 1. The average molecular weight is 301 g/mol. The van der Waals surface area contributed by atoms with E-state index in [1.807, 2.05) is 24.3 Å². The molecule has 1 nitrogen and oxygen atoms in total. The zero-order valence-corrected chi connectivity index (χ0v) is 12.8. The lowest BCUT2D eigenvalue weighted by Crippen LogP contribution is -1.84. The van der Waals surface area contributed by atoms with Gasteiger partial charge in [-0.05, 0) is 48.4 Å². The molecule has 1 heterocycles. The van der Waals surface area contributed by atoms with Crippen LogP contribution in [0.1, 0.15) is 5.56 Å². The zero-order valence-electron chi connectivity index (χ0n) is 12.8. The highest BCUT2D eigenvalue weighted by atomic mass is 19.1. The van der Waals surface area contributed by atoms with Crippen LogP contribution in [0.4, 0.5) is 4.39 Å². The first-order chi connectivity index (χ1) is 11.2. The first-order valence-electron chi connectivity index (χ1n) is 7.66. The minimum atomic E-state index is -0.221. The fourth-order valence-electron chi connectivity index (χ4n) is 3.00. The van der Waals surface area contributed by atoms with Crippen LogP contribution in [-0.2, 0) is 0 Å². The minimum Gasteiger partial charge on any atom is -0.354 e. The van der Waals surface area contributed by atoms with Crippen LogP contribution in [0.3, 0.4) is 0 Å². The van der Waals surface area contributed by atoms with Gasteiger partial charge in [-0.2, -0.15) is 0 Å². The molecule has 0 atom stereocenters. The number of benzene rings is 3. The summed E-state index contributed by atoms with van der Waals surface area (Å²) in [6, 6.07) is 23.4. The number of rotatable bonds is 2. The Morgan fingerprint density at radius 3 is 2.13 bits per heavy atom. The molecule has 3 aromatic carbocycles. The second-order valence-corrected chi connectivity index (χ2v) is 5.79. The SMILES string of the molecule is Cc1ccc(-c2c(-c3ccc(F)cc3)[nH]c3ccccc23)cc1. The van der Waals surface area contributed by atoms with E-state index in [2.05, 4.69) is 48.3 Å². The summed E-state index contributed by atoms with van der Waals surface area (Å²) in [6.07, 6.45) is 0. The normalized spacial score (nSPS) is 11.0. The van der Waals surface area contributed by atoms with Crippen LogP contribution in [0, 0.1) is 12.7 Å². The van der Waals surface area contributed by atoms with E-state index in [1.54, 1.807) is 0 Å². The molecule has 0 fully saturated rings. The first-order valence-corrected chi connectivity index (χ1v) is 7.66. The second kappa shape index (κ2) is 5.40. The lowest BCUT2D eigenvalue weighted by molar-refractivity contribution is 0.628. The molecule has 0 saturated heterocycles. The molecule has 0 radical (unpaired) electrons. The Labute approximate surface area is 134 Å². The largest absolute Gasteiger partial charge is 0.354 e. The van der Waals surface area contributed by atoms with Crippen molar-refractivity contribution >= 4 is 10.9 Å². The Morgan fingerprint density at radius 2 is 1.39 bits per heavy atom. The number of hydrogen-bond donors (Lipinski definition) is 1. The highest BCUT2D eigenvalue weighted by molar-refractivity contribution is 6.03. The lowest BCUT2D eigenvalue weighted by atomic mass is 9.98. The molecule has 4 aromatic rings. The van der Waals surface area contributed by atoms with Gasteiger partial charge in [0.15, 0.2) is 0 Å². The predicted molar refractivity (Wildman–Crippen MR) is 93.9 cm³/mol. The van der Waals surface area contributed by atoms with Crippen molar-refractivity contribution in [1.29, 1.82) is 0 Å². The highest BCUT2D eigenvalue weighted by Crippen LogP contribution is 2.38. The number of aromatic nitrogens is 1. The van der Waals surface area contributed by atoms with Gasteiger partial charge in [0.2, 0.25) is 0 Å². The molecule has 1 aromatic heterocycles. The maximum Gasteiger partial charge on any atom is 0.123 e. The van der Waals surface area contributed by atoms with Gasteiger partial charge in [0.1, 0.15) is 5.82 Å². The smallest absolute Gasteiger partial charge is 0.123 e. The van der Waals surface area contributed by atoms with Crippen LogP contribution in [0.25, 0.3) is 33.3 Å². The Morgan fingerprint density at radius 1 is 0.739 bits per heavy atom. The second-order valence-electron chi connectivity index (χ2n) is 5.79. The molecule has 0 spiro atoms. The molecule has 1 N–H and O–H groups in total. The maximum absolute atomic E-state index is 13.3. The number of hydrogen-bond acceptors (Lipinski definition) is 0. The van der Waals surface area contributed by atoms with Gasteiger partial charge in [0.25, 0.3) is 0 Å². The molecular formula is C21H16FN. The summed E-state index contributed by atoms with van der Waals surface area (Å²) < 4.78 is 13.3. The number of H-pyrrole nitrogens is 1. The molecule has 0 unspecified atom stereocenters. The van der Waals surface area contributed by atoms with Crippen LogP contribution in [-0.4, -0.2) is 4.98 Å². The Bertz CT molecular complexity index is 963. The molecule has 0 aliphatic rings. The average Bonchev–Trinajstić information content (AvgIpc) is 2.96. The van der Waals surface area contributed by atoms with Crippen LogP contribution in [0.2, 0.25) is 0 Å². The number of fused-ring (bicyclic) bond motifs is 1. The highest BCUT2D eigenvalue weighted by Gasteiger charge is 2.14. The van der Waals surface area contributed by atoms with Gasteiger partial charge in [-0.3, -0.25) is 0 Å². The van der Waals surface area contributed by atoms with Gasteiger partial charge in [-0.1, -0.05) is 48.0 Å². The van der Waals surface area contributed by atoms with Crippen molar-refractivity contribution in [1.82, 2.24) is 4.98 Å². The quantitative estimate of drug-likeness (QED) is 0.471. The van der Waals surface area contributed by atoms with E-state index >= 15 is 0 Å². The van der Waals surface area contributed by atoms with Crippen LogP contribution in [0.5, 0.6) is 0 Å². The number of para-hydroxylation sites is 1. The van der Waals surface area contributed by atoms with E-state index in [1.165, 1.54) is 23.1 Å². The van der Waals surface area contributed by atoms with Crippen molar-refractivity contribution in [3.63, 3.8) is 0 Å². The number of halogens is 1. The Hall–Kier alpha value is -2.87. The van der Waals surface area contributed by atoms with Gasteiger partial charge in [0.05, 0.1) is 5.69 Å². The van der Waals surface area contributed by atoms with Crippen molar-refractivity contribution in [3.8, 4) is 22.4 Å². The summed E-state index contributed by atoms with van der Waals surface area (Å²) >= 11 is 0. The van der Waals surface area contributed by atoms with E-state index in [-0.39, 0.29) is 5.82 Å². The summed E-state index contributed by atoms with van der Waals surface area (Å²) in [4.78, 5) is 3.49. The monoisotopic (exact) mass is 301 g/mol. The number of aryl methyl sites for hydroxylation is 1. The lowest BCUT2D eigenvalue weighted by Gasteiger charge is -2.06. The molecular weight excluding hydrogens is 285 g/mol.